The van der Waals surface area contributed by atoms with Crippen molar-refractivity contribution in [2.24, 2.45) is 9.98 Å². The van der Waals surface area contributed by atoms with Crippen molar-refractivity contribution in [2.45, 2.75) is 32.0 Å². The van der Waals surface area contributed by atoms with Crippen LogP contribution in [-0.4, -0.2) is 24.0 Å². The maximum absolute atomic E-state index is 6.04. The van der Waals surface area contributed by atoms with Crippen LogP contribution >= 0.6 is 0 Å². The Bertz CT molecular complexity index is 702. The molecule has 0 spiro atoms. The van der Waals surface area contributed by atoms with Crippen LogP contribution in [0.1, 0.15) is 35.1 Å². The lowest BCUT2D eigenvalue weighted by Gasteiger charge is -2.25. The highest BCUT2D eigenvalue weighted by molar-refractivity contribution is 5.75. The van der Waals surface area contributed by atoms with Gasteiger partial charge in [0, 0.05) is 44.3 Å². The lowest BCUT2D eigenvalue weighted by molar-refractivity contribution is 0.232. The average molecular weight is 293 g/mol. The van der Waals surface area contributed by atoms with E-state index >= 15 is 0 Å². The molecule has 4 nitrogen and oxygen atoms in total. The normalized spacial score (nSPS) is 21.0. The Morgan fingerprint density at radius 3 is 2.95 bits per heavy atom. The van der Waals surface area contributed by atoms with E-state index in [1.54, 1.807) is 6.34 Å². The van der Waals surface area contributed by atoms with Crippen LogP contribution in [0.4, 0.5) is 0 Å². The third kappa shape index (κ3) is 2.74. The molecule has 0 bridgehead atoms. The molecule has 0 N–H and O–H groups in total. The third-order valence-corrected chi connectivity index (χ3v) is 4.29. The number of rotatable bonds is 3. The Morgan fingerprint density at radius 1 is 1.23 bits per heavy atom. The summed E-state index contributed by atoms with van der Waals surface area (Å²) < 4.78 is 6.04. The van der Waals surface area contributed by atoms with Gasteiger partial charge in [-0.2, -0.15) is 0 Å². The van der Waals surface area contributed by atoms with E-state index in [-0.39, 0.29) is 6.04 Å². The Kier molecular flexibility index (Phi) is 3.60. The fourth-order valence-electron chi connectivity index (χ4n) is 3.13. The molecule has 112 valence electrons. The molecule has 1 aromatic heterocycles. The number of benzene rings is 1. The minimum atomic E-state index is 0.102. The van der Waals surface area contributed by atoms with Crippen LogP contribution in [0.5, 0.6) is 0 Å². The molecule has 0 aliphatic carbocycles. The van der Waals surface area contributed by atoms with Gasteiger partial charge in [0.25, 0.3) is 0 Å². The van der Waals surface area contributed by atoms with E-state index in [2.05, 4.69) is 51.3 Å². The monoisotopic (exact) mass is 293 g/mol. The van der Waals surface area contributed by atoms with Gasteiger partial charge in [-0.3, -0.25) is 9.89 Å². The quantitative estimate of drug-likeness (QED) is 0.870. The second-order valence-electron chi connectivity index (χ2n) is 5.89. The first-order valence-corrected chi connectivity index (χ1v) is 7.79. The molecule has 4 heteroatoms. The highest BCUT2D eigenvalue weighted by atomic mass is 16.3. The van der Waals surface area contributed by atoms with Crippen molar-refractivity contribution in [3.8, 4) is 0 Å². The number of furan rings is 1. The maximum Gasteiger partial charge on any atom is 0.129 e. The van der Waals surface area contributed by atoms with Crippen molar-refractivity contribution in [3.05, 3.63) is 59.0 Å². The van der Waals surface area contributed by atoms with Gasteiger partial charge in [-0.15, -0.1) is 0 Å². The molecule has 1 unspecified atom stereocenters. The smallest absolute Gasteiger partial charge is 0.129 e. The first-order chi connectivity index (χ1) is 10.9. The second kappa shape index (κ2) is 5.89. The summed E-state index contributed by atoms with van der Waals surface area (Å²) in [6.07, 6.45) is 5.33. The number of aliphatic imine (C=N–C) groups is 2. The Labute approximate surface area is 130 Å². The topological polar surface area (TPSA) is 41.1 Å². The van der Waals surface area contributed by atoms with Gasteiger partial charge in [-0.1, -0.05) is 30.3 Å². The third-order valence-electron chi connectivity index (χ3n) is 4.29. The summed E-state index contributed by atoms with van der Waals surface area (Å²) in [6.45, 7) is 3.00. The van der Waals surface area contributed by atoms with Crippen LogP contribution in [0, 0.1) is 0 Å². The van der Waals surface area contributed by atoms with Gasteiger partial charge >= 0.3 is 0 Å². The van der Waals surface area contributed by atoms with Gasteiger partial charge in [0.15, 0.2) is 0 Å². The molecule has 2 aliphatic heterocycles. The van der Waals surface area contributed by atoms with Crippen LogP contribution in [0.25, 0.3) is 0 Å². The predicted molar refractivity (Wildman–Crippen MR) is 87.3 cm³/mol. The Morgan fingerprint density at radius 2 is 2.14 bits per heavy atom. The summed E-state index contributed by atoms with van der Waals surface area (Å²) in [7, 11) is 0. The van der Waals surface area contributed by atoms with Gasteiger partial charge in [-0.25, -0.2) is 4.99 Å². The van der Waals surface area contributed by atoms with Crippen LogP contribution < -0.4 is 0 Å². The summed E-state index contributed by atoms with van der Waals surface area (Å²) in [4.78, 5) is 10.9. The van der Waals surface area contributed by atoms with E-state index in [0.717, 1.165) is 44.0 Å². The van der Waals surface area contributed by atoms with E-state index in [0.29, 0.717) is 0 Å². The van der Waals surface area contributed by atoms with Crippen molar-refractivity contribution in [1.82, 2.24) is 4.90 Å². The fourth-order valence-corrected chi connectivity index (χ4v) is 3.13. The molecule has 0 amide bonds. The molecule has 0 fully saturated rings. The lowest BCUT2D eigenvalue weighted by atomic mass is 10.1. The number of hydrogen-bond acceptors (Lipinski definition) is 4. The zero-order chi connectivity index (χ0) is 14.8. The summed E-state index contributed by atoms with van der Waals surface area (Å²) in [5.41, 5.74) is 2.68. The van der Waals surface area contributed by atoms with Gasteiger partial charge in [-0.05, 0) is 11.6 Å². The first kappa shape index (κ1) is 13.5. The van der Waals surface area contributed by atoms with E-state index in [4.69, 9.17) is 4.42 Å². The first-order valence-electron chi connectivity index (χ1n) is 7.79. The number of hydrogen-bond donors (Lipinski definition) is 0. The standard InChI is InChI=1S/C18H19N3O/c1-2-4-14(5-3-1)11-21-9-7-17-15(12-21)10-18(22-17)16-6-8-19-13-20-16/h1-5,8,10,13,16H,6-7,9,11-12H2. The highest BCUT2D eigenvalue weighted by Crippen LogP contribution is 2.30. The van der Waals surface area contributed by atoms with Gasteiger partial charge in [0.2, 0.25) is 0 Å². The van der Waals surface area contributed by atoms with Crippen LogP contribution in [0.15, 0.2) is 50.8 Å². The molecule has 2 aromatic rings. The molecule has 2 aliphatic rings. The number of fused-ring (bicyclic) bond motifs is 1. The van der Waals surface area contributed by atoms with E-state index < -0.39 is 0 Å². The van der Waals surface area contributed by atoms with E-state index in [1.165, 1.54) is 11.1 Å². The van der Waals surface area contributed by atoms with Crippen LogP contribution in [0.3, 0.4) is 0 Å². The molecular formula is C18H19N3O. The summed E-state index contributed by atoms with van der Waals surface area (Å²) in [6, 6.07) is 12.9. The molecular weight excluding hydrogens is 274 g/mol. The van der Waals surface area contributed by atoms with Gasteiger partial charge < -0.3 is 4.42 Å². The summed E-state index contributed by atoms with van der Waals surface area (Å²) >= 11 is 0. The van der Waals surface area contributed by atoms with E-state index in [9.17, 15) is 0 Å². The van der Waals surface area contributed by atoms with E-state index in [1.807, 2.05) is 6.21 Å². The average Bonchev–Trinajstić information content (AvgIpc) is 3.00. The largest absolute Gasteiger partial charge is 0.463 e. The number of nitrogens with zero attached hydrogens (tertiary/aromatic N) is 3. The molecule has 0 saturated carbocycles. The Hall–Kier alpha value is -2.20. The molecule has 4 rings (SSSR count). The van der Waals surface area contributed by atoms with Crippen LogP contribution in [0.2, 0.25) is 0 Å². The van der Waals surface area contributed by atoms with Crippen LogP contribution in [-0.2, 0) is 19.5 Å². The molecule has 1 atom stereocenters. The second-order valence-corrected chi connectivity index (χ2v) is 5.89. The summed E-state index contributed by atoms with van der Waals surface area (Å²) in [5.74, 6) is 2.12. The zero-order valence-electron chi connectivity index (χ0n) is 12.5. The van der Waals surface area contributed by atoms with Crippen molar-refractivity contribution in [2.75, 3.05) is 6.54 Å². The van der Waals surface area contributed by atoms with Crippen molar-refractivity contribution in [1.29, 1.82) is 0 Å². The van der Waals surface area contributed by atoms with Crippen molar-refractivity contribution < 1.29 is 4.42 Å². The maximum atomic E-state index is 6.04. The van der Waals surface area contributed by atoms with Gasteiger partial charge in [0.05, 0.1) is 0 Å². The minimum Gasteiger partial charge on any atom is -0.463 e. The Balaban J connectivity index is 1.48. The predicted octanol–water partition coefficient (Wildman–Crippen LogP) is 3.38. The molecule has 3 heterocycles. The molecule has 1 aromatic carbocycles. The summed E-state index contributed by atoms with van der Waals surface area (Å²) in [5, 5.41) is 0. The SMILES string of the molecule is C1=NC=NC(c2cc3c(o2)CCN(Cc2ccccc2)C3)C1. The van der Waals surface area contributed by atoms with Crippen molar-refractivity contribution in [3.63, 3.8) is 0 Å². The minimum absolute atomic E-state index is 0.102. The molecule has 22 heavy (non-hydrogen) atoms. The highest BCUT2D eigenvalue weighted by Gasteiger charge is 2.23. The van der Waals surface area contributed by atoms with Crippen molar-refractivity contribution >= 4 is 12.6 Å². The van der Waals surface area contributed by atoms with Gasteiger partial charge in [0.1, 0.15) is 23.9 Å². The fraction of sp³-hybridized carbons (Fsp3) is 0.333. The molecule has 0 radical (unpaired) electrons. The lowest BCUT2D eigenvalue weighted by Crippen LogP contribution is -2.29. The zero-order valence-corrected chi connectivity index (χ0v) is 12.5. The molecule has 0 saturated heterocycles.